The normalized spacial score (nSPS) is 11.6. The van der Waals surface area contributed by atoms with E-state index in [0.717, 1.165) is 16.2 Å². The molecule has 0 saturated heterocycles. The van der Waals surface area contributed by atoms with Gasteiger partial charge >= 0.3 is 0 Å². The van der Waals surface area contributed by atoms with Gasteiger partial charge < -0.3 is 5.73 Å². The molecule has 0 amide bonds. The van der Waals surface area contributed by atoms with E-state index in [-0.39, 0.29) is 8.68 Å². The van der Waals surface area contributed by atoms with Crippen LogP contribution in [-0.2, 0) is 16.6 Å². The van der Waals surface area contributed by atoms with Gasteiger partial charge in [-0.25, -0.2) is 12.8 Å². The minimum Gasteiger partial charge on any atom is -0.326 e. The van der Waals surface area contributed by atoms with E-state index in [1.807, 2.05) is 0 Å². The van der Waals surface area contributed by atoms with E-state index in [1.54, 1.807) is 13.0 Å². The summed E-state index contributed by atoms with van der Waals surface area (Å²) in [5.41, 5.74) is 6.31. The average Bonchev–Trinajstić information content (AvgIpc) is 2.85. The molecular formula is C12H12BrFN2O2S2. The molecule has 0 spiro atoms. The van der Waals surface area contributed by atoms with Crippen molar-refractivity contribution in [2.24, 2.45) is 5.73 Å². The van der Waals surface area contributed by atoms with Gasteiger partial charge in [-0.3, -0.25) is 4.72 Å². The standard InChI is InChI=1S/C12H12BrFN2O2S2/c1-7-4-10(14)9(13)5-11(7)16-20(17,18)12-3-2-8(6-15)19-12/h2-5,16H,6,15H2,1H3. The molecule has 8 heteroatoms. The minimum atomic E-state index is -3.69. The molecule has 0 atom stereocenters. The Balaban J connectivity index is 2.35. The SMILES string of the molecule is Cc1cc(F)c(Br)cc1NS(=O)(=O)c1ccc(CN)s1. The zero-order valence-electron chi connectivity index (χ0n) is 10.5. The third-order valence-electron chi connectivity index (χ3n) is 2.61. The summed E-state index contributed by atoms with van der Waals surface area (Å²) in [5, 5.41) is 0. The quantitative estimate of drug-likeness (QED) is 0.857. The molecule has 1 heterocycles. The molecule has 0 aliphatic heterocycles. The van der Waals surface area contributed by atoms with Gasteiger partial charge in [-0.2, -0.15) is 0 Å². The van der Waals surface area contributed by atoms with Crippen LogP contribution >= 0.6 is 27.3 Å². The molecule has 0 aliphatic carbocycles. The van der Waals surface area contributed by atoms with Crippen molar-refractivity contribution in [2.45, 2.75) is 17.7 Å². The van der Waals surface area contributed by atoms with Crippen LogP contribution in [0.4, 0.5) is 10.1 Å². The van der Waals surface area contributed by atoms with Gasteiger partial charge in [0.1, 0.15) is 10.0 Å². The predicted molar refractivity (Wildman–Crippen MR) is 81.9 cm³/mol. The van der Waals surface area contributed by atoms with Crippen molar-refractivity contribution in [1.82, 2.24) is 0 Å². The second-order valence-corrected chi connectivity index (χ2v) is 8.04. The topological polar surface area (TPSA) is 72.2 Å². The molecule has 0 unspecified atom stereocenters. The zero-order valence-corrected chi connectivity index (χ0v) is 13.7. The van der Waals surface area contributed by atoms with E-state index in [2.05, 4.69) is 20.7 Å². The highest BCUT2D eigenvalue weighted by Crippen LogP contribution is 2.28. The largest absolute Gasteiger partial charge is 0.326 e. The lowest BCUT2D eigenvalue weighted by Gasteiger charge is -2.10. The van der Waals surface area contributed by atoms with Gasteiger partial charge in [-0.1, -0.05) is 0 Å². The number of hydrogen-bond acceptors (Lipinski definition) is 4. The second kappa shape index (κ2) is 5.80. The lowest BCUT2D eigenvalue weighted by Crippen LogP contribution is -2.12. The van der Waals surface area contributed by atoms with Crippen molar-refractivity contribution in [3.05, 3.63) is 45.0 Å². The maximum Gasteiger partial charge on any atom is 0.271 e. The molecule has 2 rings (SSSR count). The summed E-state index contributed by atoms with van der Waals surface area (Å²) in [7, 11) is -3.69. The van der Waals surface area contributed by atoms with Crippen LogP contribution in [0.1, 0.15) is 10.4 Å². The third-order valence-corrected chi connectivity index (χ3v) is 6.19. The first-order valence-corrected chi connectivity index (χ1v) is 8.70. The summed E-state index contributed by atoms with van der Waals surface area (Å²) in [6.45, 7) is 1.93. The summed E-state index contributed by atoms with van der Waals surface area (Å²) in [6.07, 6.45) is 0. The fraction of sp³-hybridized carbons (Fsp3) is 0.167. The summed E-state index contributed by atoms with van der Waals surface area (Å²) in [6, 6.07) is 5.84. The third kappa shape index (κ3) is 3.20. The number of benzene rings is 1. The van der Waals surface area contributed by atoms with Crippen molar-refractivity contribution < 1.29 is 12.8 Å². The molecule has 4 nitrogen and oxygen atoms in total. The summed E-state index contributed by atoms with van der Waals surface area (Å²) >= 11 is 4.15. The molecule has 1 aromatic heterocycles. The molecule has 0 saturated carbocycles. The lowest BCUT2D eigenvalue weighted by molar-refractivity contribution is 0.602. The Morgan fingerprint density at radius 3 is 2.70 bits per heavy atom. The number of aryl methyl sites for hydroxylation is 1. The van der Waals surface area contributed by atoms with Crippen molar-refractivity contribution in [1.29, 1.82) is 0 Å². The summed E-state index contributed by atoms with van der Waals surface area (Å²) in [5.74, 6) is -0.438. The highest BCUT2D eigenvalue weighted by atomic mass is 79.9. The molecule has 108 valence electrons. The van der Waals surface area contributed by atoms with Gasteiger partial charge in [0.25, 0.3) is 10.0 Å². The van der Waals surface area contributed by atoms with E-state index in [9.17, 15) is 12.8 Å². The number of hydrogen-bond donors (Lipinski definition) is 2. The van der Waals surface area contributed by atoms with Crippen LogP contribution in [-0.4, -0.2) is 8.42 Å². The molecule has 2 aromatic rings. The van der Waals surface area contributed by atoms with E-state index < -0.39 is 15.8 Å². The van der Waals surface area contributed by atoms with Crippen LogP contribution in [0.15, 0.2) is 32.9 Å². The van der Waals surface area contributed by atoms with Crippen LogP contribution < -0.4 is 10.5 Å². The first-order valence-electron chi connectivity index (χ1n) is 5.60. The number of sulfonamides is 1. The first-order chi connectivity index (χ1) is 9.33. The molecule has 3 N–H and O–H groups in total. The number of nitrogens with one attached hydrogen (secondary N) is 1. The molecule has 0 fully saturated rings. The monoisotopic (exact) mass is 378 g/mol. The Kier molecular flexibility index (Phi) is 4.48. The molecule has 0 radical (unpaired) electrons. The molecule has 0 aliphatic rings. The molecular weight excluding hydrogens is 367 g/mol. The maximum absolute atomic E-state index is 13.3. The summed E-state index contributed by atoms with van der Waals surface area (Å²) in [4.78, 5) is 0.780. The van der Waals surface area contributed by atoms with Crippen LogP contribution in [0.25, 0.3) is 0 Å². The maximum atomic E-state index is 13.3. The fourth-order valence-corrected chi connectivity index (χ4v) is 4.26. The number of anilines is 1. The zero-order chi connectivity index (χ0) is 14.9. The number of rotatable bonds is 4. The van der Waals surface area contributed by atoms with Gasteiger partial charge in [0.2, 0.25) is 0 Å². The Morgan fingerprint density at radius 2 is 2.10 bits per heavy atom. The molecule has 20 heavy (non-hydrogen) atoms. The second-order valence-electron chi connectivity index (χ2n) is 4.11. The van der Waals surface area contributed by atoms with Crippen LogP contribution in [0.3, 0.4) is 0 Å². The van der Waals surface area contributed by atoms with Crippen LogP contribution in [0.2, 0.25) is 0 Å². The van der Waals surface area contributed by atoms with Crippen molar-refractivity contribution in [2.75, 3.05) is 4.72 Å². The van der Waals surface area contributed by atoms with Gasteiger partial charge in [0.05, 0.1) is 10.2 Å². The fourth-order valence-electron chi connectivity index (χ4n) is 1.56. The first kappa shape index (κ1) is 15.4. The molecule has 1 aromatic carbocycles. The van der Waals surface area contributed by atoms with E-state index >= 15 is 0 Å². The van der Waals surface area contributed by atoms with Gasteiger partial charge in [-0.05, 0) is 52.7 Å². The number of nitrogens with two attached hydrogens (primary N) is 1. The molecule has 0 bridgehead atoms. The average molecular weight is 379 g/mol. The highest BCUT2D eigenvalue weighted by Gasteiger charge is 2.18. The Morgan fingerprint density at radius 1 is 1.40 bits per heavy atom. The lowest BCUT2D eigenvalue weighted by atomic mass is 10.2. The van der Waals surface area contributed by atoms with Crippen molar-refractivity contribution >= 4 is 43.0 Å². The van der Waals surface area contributed by atoms with Gasteiger partial charge in [0, 0.05) is 11.4 Å². The van der Waals surface area contributed by atoms with Crippen molar-refractivity contribution in [3.63, 3.8) is 0 Å². The van der Waals surface area contributed by atoms with E-state index in [0.29, 0.717) is 17.8 Å². The Labute approximate surface area is 129 Å². The Hall–Kier alpha value is -0.960. The number of halogens is 2. The van der Waals surface area contributed by atoms with Crippen LogP contribution in [0.5, 0.6) is 0 Å². The predicted octanol–water partition coefficient (Wildman–Crippen LogP) is 3.22. The highest BCUT2D eigenvalue weighted by molar-refractivity contribution is 9.10. The van der Waals surface area contributed by atoms with Crippen molar-refractivity contribution in [3.8, 4) is 0 Å². The van der Waals surface area contributed by atoms with Crippen LogP contribution in [0, 0.1) is 12.7 Å². The number of thiophene rings is 1. The Bertz CT molecular complexity index is 744. The smallest absolute Gasteiger partial charge is 0.271 e. The minimum absolute atomic E-state index is 0.179. The van der Waals surface area contributed by atoms with Gasteiger partial charge in [0.15, 0.2) is 0 Å². The van der Waals surface area contributed by atoms with E-state index in [4.69, 9.17) is 5.73 Å². The van der Waals surface area contributed by atoms with E-state index in [1.165, 1.54) is 18.2 Å². The van der Waals surface area contributed by atoms with Gasteiger partial charge in [-0.15, -0.1) is 11.3 Å². The summed E-state index contributed by atoms with van der Waals surface area (Å²) < 4.78 is 40.6.